The smallest absolute Gasteiger partial charge is 0.330 e. The molecule has 2 rings (SSSR count). The first kappa shape index (κ1) is 15.1. The average Bonchev–Trinajstić information content (AvgIpc) is 2.38. The lowest BCUT2D eigenvalue weighted by molar-refractivity contribution is 0.546. The molecular formula is C16H21N3O2. The number of rotatable bonds is 5. The van der Waals surface area contributed by atoms with Crippen molar-refractivity contribution in [3.8, 4) is 0 Å². The van der Waals surface area contributed by atoms with Crippen LogP contribution in [0.25, 0.3) is 0 Å². The van der Waals surface area contributed by atoms with Gasteiger partial charge in [0.25, 0.3) is 5.56 Å². The Kier molecular flexibility index (Phi) is 4.62. The number of H-pyrrole nitrogens is 1. The van der Waals surface area contributed by atoms with Gasteiger partial charge in [-0.25, -0.2) is 4.79 Å². The minimum absolute atomic E-state index is 0.109. The largest absolute Gasteiger partial charge is 0.369 e. The number of aromatic amines is 1. The van der Waals surface area contributed by atoms with Gasteiger partial charge in [0, 0.05) is 18.2 Å². The van der Waals surface area contributed by atoms with E-state index in [-0.39, 0.29) is 23.3 Å². The van der Waals surface area contributed by atoms with Gasteiger partial charge in [0.1, 0.15) is 5.82 Å². The Morgan fingerprint density at radius 3 is 2.38 bits per heavy atom. The van der Waals surface area contributed by atoms with Crippen molar-refractivity contribution >= 4 is 5.82 Å². The van der Waals surface area contributed by atoms with Crippen molar-refractivity contribution in [1.82, 2.24) is 9.55 Å². The quantitative estimate of drug-likeness (QED) is 0.885. The summed E-state index contributed by atoms with van der Waals surface area (Å²) in [7, 11) is 0. The molecular weight excluding hydrogens is 266 g/mol. The third-order valence-electron chi connectivity index (χ3n) is 3.27. The molecule has 2 aromatic rings. The van der Waals surface area contributed by atoms with Gasteiger partial charge < -0.3 is 5.32 Å². The number of benzene rings is 1. The van der Waals surface area contributed by atoms with Crippen molar-refractivity contribution < 1.29 is 0 Å². The van der Waals surface area contributed by atoms with Crippen LogP contribution in [0, 0.1) is 0 Å². The monoisotopic (exact) mass is 287 g/mol. The molecule has 1 heterocycles. The van der Waals surface area contributed by atoms with Crippen molar-refractivity contribution in [2.75, 3.05) is 5.32 Å². The van der Waals surface area contributed by atoms with Gasteiger partial charge in [-0.05, 0) is 32.8 Å². The normalized spacial score (nSPS) is 12.4. The van der Waals surface area contributed by atoms with Crippen molar-refractivity contribution in [2.24, 2.45) is 0 Å². The maximum Gasteiger partial charge on any atom is 0.330 e. The maximum atomic E-state index is 11.9. The van der Waals surface area contributed by atoms with Crippen LogP contribution in [0.15, 0.2) is 46.0 Å². The second-order valence-electron chi connectivity index (χ2n) is 5.53. The minimum Gasteiger partial charge on any atom is -0.369 e. The van der Waals surface area contributed by atoms with Crippen molar-refractivity contribution in [2.45, 2.75) is 39.3 Å². The molecule has 5 heteroatoms. The van der Waals surface area contributed by atoms with Gasteiger partial charge in [0.15, 0.2) is 0 Å². The number of aromatic nitrogens is 2. The highest BCUT2D eigenvalue weighted by molar-refractivity contribution is 5.34. The van der Waals surface area contributed by atoms with Gasteiger partial charge in [-0.3, -0.25) is 14.3 Å². The zero-order chi connectivity index (χ0) is 15.4. The Hall–Kier alpha value is -2.30. The molecule has 112 valence electrons. The predicted molar refractivity (Wildman–Crippen MR) is 84.9 cm³/mol. The van der Waals surface area contributed by atoms with E-state index in [0.29, 0.717) is 5.82 Å². The standard InChI is InChI=1S/C16H21N3O2/c1-11(2)19-15(20)10-14(18-16(19)21)17-12(3)9-13-7-5-4-6-8-13/h4-8,10-12,17H,9H2,1-3H3,(H,18,21)/t12-/m0/s1. The van der Waals surface area contributed by atoms with E-state index in [1.165, 1.54) is 16.2 Å². The molecule has 5 nitrogen and oxygen atoms in total. The van der Waals surface area contributed by atoms with Crippen molar-refractivity contribution in [1.29, 1.82) is 0 Å². The molecule has 1 atom stereocenters. The van der Waals surface area contributed by atoms with Crippen LogP contribution in [0.5, 0.6) is 0 Å². The Morgan fingerprint density at radius 2 is 1.81 bits per heavy atom. The molecule has 0 saturated carbocycles. The van der Waals surface area contributed by atoms with Crippen molar-refractivity contribution in [3.05, 3.63) is 62.8 Å². The molecule has 0 saturated heterocycles. The molecule has 0 radical (unpaired) electrons. The topological polar surface area (TPSA) is 66.9 Å². The number of hydrogen-bond acceptors (Lipinski definition) is 3. The highest BCUT2D eigenvalue weighted by Crippen LogP contribution is 2.07. The third-order valence-corrected chi connectivity index (χ3v) is 3.27. The van der Waals surface area contributed by atoms with E-state index in [9.17, 15) is 9.59 Å². The molecule has 21 heavy (non-hydrogen) atoms. The second kappa shape index (κ2) is 6.43. The van der Waals surface area contributed by atoms with E-state index in [2.05, 4.69) is 22.4 Å². The zero-order valence-corrected chi connectivity index (χ0v) is 12.6. The van der Waals surface area contributed by atoms with Crippen LogP contribution in [-0.2, 0) is 6.42 Å². The summed E-state index contributed by atoms with van der Waals surface area (Å²) in [6, 6.07) is 11.5. The Morgan fingerprint density at radius 1 is 1.14 bits per heavy atom. The molecule has 0 fully saturated rings. The molecule has 0 aliphatic carbocycles. The maximum absolute atomic E-state index is 11.9. The lowest BCUT2D eigenvalue weighted by Gasteiger charge is -2.16. The van der Waals surface area contributed by atoms with Crippen LogP contribution < -0.4 is 16.6 Å². The summed E-state index contributed by atoms with van der Waals surface area (Å²) in [4.78, 5) is 26.6. The first-order chi connectivity index (χ1) is 9.97. The van der Waals surface area contributed by atoms with Gasteiger partial charge in [-0.2, -0.15) is 0 Å². The molecule has 1 aromatic carbocycles. The first-order valence-electron chi connectivity index (χ1n) is 7.13. The van der Waals surface area contributed by atoms with Crippen LogP contribution in [0.1, 0.15) is 32.4 Å². The number of nitrogens with zero attached hydrogens (tertiary/aromatic N) is 1. The average molecular weight is 287 g/mol. The van der Waals surface area contributed by atoms with Crippen LogP contribution >= 0.6 is 0 Å². The third kappa shape index (κ3) is 3.84. The first-order valence-corrected chi connectivity index (χ1v) is 7.13. The number of anilines is 1. The molecule has 2 N–H and O–H groups in total. The zero-order valence-electron chi connectivity index (χ0n) is 12.6. The molecule has 0 aliphatic rings. The Labute approximate surface area is 123 Å². The molecule has 0 unspecified atom stereocenters. The fraction of sp³-hybridized carbons (Fsp3) is 0.375. The lowest BCUT2D eigenvalue weighted by atomic mass is 10.1. The summed E-state index contributed by atoms with van der Waals surface area (Å²) in [5.74, 6) is 0.463. The van der Waals surface area contributed by atoms with E-state index in [1.807, 2.05) is 39.0 Å². The highest BCUT2D eigenvalue weighted by Gasteiger charge is 2.09. The molecule has 0 amide bonds. The van der Waals surface area contributed by atoms with Gasteiger partial charge in [-0.1, -0.05) is 30.3 Å². The Bertz CT molecular complexity index is 670. The molecule has 0 aliphatic heterocycles. The van der Waals surface area contributed by atoms with Crippen LogP contribution in [0.2, 0.25) is 0 Å². The SMILES string of the molecule is CC(C)n1c(=O)cc(N[C@@H](C)Cc2ccccc2)[nH]c1=O. The summed E-state index contributed by atoms with van der Waals surface area (Å²) in [5.41, 5.74) is 0.533. The van der Waals surface area contributed by atoms with Gasteiger partial charge in [-0.15, -0.1) is 0 Å². The van der Waals surface area contributed by atoms with E-state index in [1.54, 1.807) is 0 Å². The lowest BCUT2D eigenvalue weighted by Crippen LogP contribution is -2.37. The Balaban J connectivity index is 2.13. The fourth-order valence-electron chi connectivity index (χ4n) is 2.36. The summed E-state index contributed by atoms with van der Waals surface area (Å²) >= 11 is 0. The number of nitrogens with one attached hydrogen (secondary N) is 2. The van der Waals surface area contributed by atoms with Gasteiger partial charge >= 0.3 is 5.69 Å². The molecule has 1 aromatic heterocycles. The highest BCUT2D eigenvalue weighted by atomic mass is 16.2. The summed E-state index contributed by atoms with van der Waals surface area (Å²) < 4.78 is 1.20. The predicted octanol–water partition coefficient (Wildman–Crippen LogP) is 2.16. The fourth-order valence-corrected chi connectivity index (χ4v) is 2.36. The summed E-state index contributed by atoms with van der Waals surface area (Å²) in [6.07, 6.45) is 0.816. The van der Waals surface area contributed by atoms with E-state index in [0.717, 1.165) is 6.42 Å². The molecule has 0 bridgehead atoms. The van der Waals surface area contributed by atoms with Crippen LogP contribution in [-0.4, -0.2) is 15.6 Å². The van der Waals surface area contributed by atoms with Gasteiger partial charge in [0.2, 0.25) is 0 Å². The second-order valence-corrected chi connectivity index (χ2v) is 5.53. The van der Waals surface area contributed by atoms with Crippen molar-refractivity contribution in [3.63, 3.8) is 0 Å². The van der Waals surface area contributed by atoms with Crippen LogP contribution in [0.4, 0.5) is 5.82 Å². The minimum atomic E-state index is -0.382. The van der Waals surface area contributed by atoms with E-state index in [4.69, 9.17) is 0 Å². The van der Waals surface area contributed by atoms with E-state index < -0.39 is 0 Å². The van der Waals surface area contributed by atoms with Crippen LogP contribution in [0.3, 0.4) is 0 Å². The number of hydrogen-bond donors (Lipinski definition) is 2. The molecule has 0 spiro atoms. The summed E-state index contributed by atoms with van der Waals surface area (Å²) in [6.45, 7) is 5.63. The summed E-state index contributed by atoms with van der Waals surface area (Å²) in [5, 5.41) is 3.17. The van der Waals surface area contributed by atoms with E-state index >= 15 is 0 Å². The van der Waals surface area contributed by atoms with Gasteiger partial charge in [0.05, 0.1) is 0 Å².